The molecule has 0 saturated carbocycles. The van der Waals surface area contributed by atoms with E-state index in [-0.39, 0.29) is 0 Å². The molecule has 2 saturated heterocycles. The van der Waals surface area contributed by atoms with Gasteiger partial charge in [0.1, 0.15) is 0 Å². The van der Waals surface area contributed by atoms with Gasteiger partial charge < -0.3 is 0 Å². The summed E-state index contributed by atoms with van der Waals surface area (Å²) in [6.07, 6.45) is 7.26. The zero-order valence-corrected chi connectivity index (χ0v) is 10.9. The molecule has 0 radical (unpaired) electrons. The first-order valence-corrected chi connectivity index (χ1v) is 7.04. The average molecular weight is 281 g/mol. The number of pyridine rings is 1. The van der Waals surface area contributed by atoms with Crippen molar-refractivity contribution < 1.29 is 0 Å². The summed E-state index contributed by atoms with van der Waals surface area (Å²) in [5.74, 6) is 0. The molecule has 2 unspecified atom stereocenters. The average Bonchev–Trinajstić information content (AvgIpc) is 2.54. The van der Waals surface area contributed by atoms with Gasteiger partial charge in [0.05, 0.1) is 5.69 Å². The third kappa shape index (κ3) is 2.03. The molecule has 1 aromatic heterocycles. The van der Waals surface area contributed by atoms with E-state index in [4.69, 9.17) is 0 Å². The van der Waals surface area contributed by atoms with E-state index in [2.05, 4.69) is 37.9 Å². The van der Waals surface area contributed by atoms with E-state index in [0.717, 1.165) is 23.5 Å². The molecule has 3 rings (SSSR count). The van der Waals surface area contributed by atoms with Crippen LogP contribution in [0.1, 0.15) is 31.4 Å². The normalized spacial score (nSPS) is 34.2. The summed E-state index contributed by atoms with van der Waals surface area (Å²) < 4.78 is 0. The van der Waals surface area contributed by atoms with Crippen LogP contribution in [-0.4, -0.2) is 26.8 Å². The molecular formula is C13H17BrN2. The number of nitrogens with zero attached hydrogens (tertiary/aromatic N) is 2. The van der Waals surface area contributed by atoms with Crippen LogP contribution in [0.2, 0.25) is 0 Å². The standard InChI is InChI=1S/C13H17BrN2/c14-10-7-12-4-5-13(8-10)16(12)9-11-3-1-2-6-15-11/h1-3,6,10,12-13H,4-5,7-9H2. The summed E-state index contributed by atoms with van der Waals surface area (Å²) in [5, 5.41) is 0. The van der Waals surface area contributed by atoms with Crippen LogP contribution >= 0.6 is 15.9 Å². The molecule has 0 aliphatic carbocycles. The highest BCUT2D eigenvalue weighted by atomic mass is 79.9. The Hall–Kier alpha value is -0.410. The van der Waals surface area contributed by atoms with Crippen molar-refractivity contribution in [3.63, 3.8) is 0 Å². The monoisotopic (exact) mass is 280 g/mol. The van der Waals surface area contributed by atoms with Crippen LogP contribution in [0.3, 0.4) is 0 Å². The molecular weight excluding hydrogens is 264 g/mol. The Morgan fingerprint density at radius 3 is 2.62 bits per heavy atom. The van der Waals surface area contributed by atoms with Gasteiger partial charge in [-0.1, -0.05) is 22.0 Å². The predicted octanol–water partition coefficient (Wildman–Crippen LogP) is 2.97. The van der Waals surface area contributed by atoms with Gasteiger partial charge in [-0.05, 0) is 37.8 Å². The number of alkyl halides is 1. The lowest BCUT2D eigenvalue weighted by atomic mass is 10.0. The number of fused-ring (bicyclic) bond motifs is 2. The highest BCUT2D eigenvalue weighted by Gasteiger charge is 2.39. The van der Waals surface area contributed by atoms with E-state index in [1.165, 1.54) is 31.4 Å². The molecule has 2 aliphatic rings. The van der Waals surface area contributed by atoms with E-state index in [1.807, 2.05) is 12.3 Å². The van der Waals surface area contributed by atoms with Crippen molar-refractivity contribution in [1.29, 1.82) is 0 Å². The Labute approximate surface area is 105 Å². The summed E-state index contributed by atoms with van der Waals surface area (Å²) in [4.78, 5) is 7.84. The summed E-state index contributed by atoms with van der Waals surface area (Å²) in [5.41, 5.74) is 1.22. The second-order valence-electron chi connectivity index (χ2n) is 4.95. The number of piperidine rings is 1. The van der Waals surface area contributed by atoms with E-state index in [0.29, 0.717) is 0 Å². The fourth-order valence-electron chi connectivity index (χ4n) is 3.14. The van der Waals surface area contributed by atoms with Gasteiger partial charge in [0.25, 0.3) is 0 Å². The maximum atomic E-state index is 4.44. The summed E-state index contributed by atoms with van der Waals surface area (Å²) >= 11 is 3.78. The minimum Gasteiger partial charge on any atom is -0.292 e. The number of hydrogen-bond donors (Lipinski definition) is 0. The minimum absolute atomic E-state index is 0.741. The molecule has 2 nitrogen and oxygen atoms in total. The fourth-order valence-corrected chi connectivity index (χ4v) is 4.01. The van der Waals surface area contributed by atoms with Crippen molar-refractivity contribution >= 4 is 15.9 Å². The Morgan fingerprint density at radius 2 is 2.00 bits per heavy atom. The molecule has 0 N–H and O–H groups in total. The number of rotatable bonds is 2. The second-order valence-corrected chi connectivity index (χ2v) is 6.24. The van der Waals surface area contributed by atoms with Crippen LogP contribution in [-0.2, 0) is 6.54 Å². The fraction of sp³-hybridized carbons (Fsp3) is 0.615. The Morgan fingerprint density at radius 1 is 1.25 bits per heavy atom. The lowest BCUT2D eigenvalue weighted by Crippen LogP contribution is -2.42. The summed E-state index contributed by atoms with van der Waals surface area (Å²) in [6.45, 7) is 1.04. The van der Waals surface area contributed by atoms with Crippen LogP contribution in [0.25, 0.3) is 0 Å². The first-order chi connectivity index (χ1) is 7.83. The third-order valence-corrected chi connectivity index (χ3v) is 4.65. The predicted molar refractivity (Wildman–Crippen MR) is 68.5 cm³/mol. The van der Waals surface area contributed by atoms with E-state index in [1.54, 1.807) is 0 Å². The first-order valence-electron chi connectivity index (χ1n) is 6.12. The highest BCUT2D eigenvalue weighted by molar-refractivity contribution is 9.09. The number of aromatic nitrogens is 1. The smallest absolute Gasteiger partial charge is 0.0544 e. The zero-order chi connectivity index (χ0) is 11.0. The van der Waals surface area contributed by atoms with Crippen LogP contribution in [0.15, 0.2) is 24.4 Å². The van der Waals surface area contributed by atoms with Crippen LogP contribution < -0.4 is 0 Å². The number of hydrogen-bond acceptors (Lipinski definition) is 2. The molecule has 2 atom stereocenters. The molecule has 2 aliphatic heterocycles. The van der Waals surface area contributed by atoms with Crippen LogP contribution in [0.5, 0.6) is 0 Å². The van der Waals surface area contributed by atoms with Crippen molar-refractivity contribution in [2.45, 2.75) is 49.1 Å². The van der Waals surface area contributed by atoms with Gasteiger partial charge in [0.2, 0.25) is 0 Å². The molecule has 16 heavy (non-hydrogen) atoms. The summed E-state index contributed by atoms with van der Waals surface area (Å²) in [6, 6.07) is 7.78. The minimum atomic E-state index is 0.741. The third-order valence-electron chi connectivity index (χ3n) is 3.90. The van der Waals surface area contributed by atoms with Crippen LogP contribution in [0, 0.1) is 0 Å². The van der Waals surface area contributed by atoms with Crippen molar-refractivity contribution in [2.24, 2.45) is 0 Å². The lowest BCUT2D eigenvalue weighted by molar-refractivity contribution is 0.135. The van der Waals surface area contributed by atoms with Crippen LogP contribution in [0.4, 0.5) is 0 Å². The second kappa shape index (κ2) is 4.46. The number of halogens is 1. The van der Waals surface area contributed by atoms with E-state index < -0.39 is 0 Å². The van der Waals surface area contributed by atoms with Crippen molar-refractivity contribution in [1.82, 2.24) is 9.88 Å². The lowest BCUT2D eigenvalue weighted by Gasteiger charge is -2.36. The first kappa shape index (κ1) is 10.7. The molecule has 3 heteroatoms. The van der Waals surface area contributed by atoms with Gasteiger partial charge >= 0.3 is 0 Å². The van der Waals surface area contributed by atoms with E-state index in [9.17, 15) is 0 Å². The topological polar surface area (TPSA) is 16.1 Å². The Kier molecular flexibility index (Phi) is 2.99. The SMILES string of the molecule is BrC1CC2CCC(C1)N2Cc1ccccn1. The zero-order valence-electron chi connectivity index (χ0n) is 9.35. The maximum absolute atomic E-state index is 4.44. The largest absolute Gasteiger partial charge is 0.292 e. The molecule has 2 fully saturated rings. The van der Waals surface area contributed by atoms with Gasteiger partial charge in [0, 0.05) is 29.7 Å². The quantitative estimate of drug-likeness (QED) is 0.775. The van der Waals surface area contributed by atoms with Crippen molar-refractivity contribution in [2.75, 3.05) is 0 Å². The van der Waals surface area contributed by atoms with Crippen molar-refractivity contribution in [3.8, 4) is 0 Å². The van der Waals surface area contributed by atoms with Gasteiger partial charge in [-0.3, -0.25) is 9.88 Å². The maximum Gasteiger partial charge on any atom is 0.0544 e. The molecule has 0 amide bonds. The van der Waals surface area contributed by atoms with Gasteiger partial charge in [-0.2, -0.15) is 0 Å². The Bertz CT molecular complexity index is 340. The molecule has 86 valence electrons. The Balaban J connectivity index is 1.72. The van der Waals surface area contributed by atoms with Gasteiger partial charge in [0.15, 0.2) is 0 Å². The summed E-state index contributed by atoms with van der Waals surface area (Å²) in [7, 11) is 0. The van der Waals surface area contributed by atoms with E-state index >= 15 is 0 Å². The molecule has 2 bridgehead atoms. The van der Waals surface area contributed by atoms with Gasteiger partial charge in [-0.25, -0.2) is 0 Å². The van der Waals surface area contributed by atoms with Crippen molar-refractivity contribution in [3.05, 3.63) is 30.1 Å². The highest BCUT2D eigenvalue weighted by Crippen LogP contribution is 2.39. The molecule has 1 aromatic rings. The molecule has 0 spiro atoms. The van der Waals surface area contributed by atoms with Gasteiger partial charge in [-0.15, -0.1) is 0 Å². The molecule has 3 heterocycles. The molecule has 0 aromatic carbocycles.